The maximum atomic E-state index is 13.7. The molecule has 3 aromatic rings. The zero-order valence-corrected chi connectivity index (χ0v) is 34.1. The summed E-state index contributed by atoms with van der Waals surface area (Å²) in [6, 6.07) is 19.0. The Morgan fingerprint density at radius 1 is 0.746 bits per heavy atom. The van der Waals surface area contributed by atoms with E-state index in [-0.39, 0.29) is 30.1 Å². The highest BCUT2D eigenvalue weighted by Gasteiger charge is 2.48. The number of hydrogen-bond donors (Lipinski definition) is 1. The van der Waals surface area contributed by atoms with E-state index in [1.807, 2.05) is 35.2 Å². The lowest BCUT2D eigenvalue weighted by atomic mass is 9.73. The maximum Gasteiger partial charge on any atom is 0.262 e. The second-order valence-corrected chi connectivity index (χ2v) is 17.4. The van der Waals surface area contributed by atoms with Crippen LogP contribution in [-0.4, -0.2) is 121 Å². The molecule has 13 nitrogen and oxygen atoms in total. The van der Waals surface area contributed by atoms with Gasteiger partial charge in [-0.2, -0.15) is 0 Å². The molecule has 0 aliphatic carbocycles. The van der Waals surface area contributed by atoms with E-state index in [2.05, 4.69) is 48.8 Å². The lowest BCUT2D eigenvalue weighted by Crippen LogP contribution is -2.54. The largest absolute Gasteiger partial charge is 0.371 e. The number of hydrogen-bond acceptors (Lipinski definition) is 9. The Morgan fingerprint density at radius 3 is 2.07 bits per heavy atom. The number of nitrogens with one attached hydrogen (secondary N) is 1. The topological polar surface area (TPSA) is 121 Å². The van der Waals surface area contributed by atoms with Crippen LogP contribution in [0.25, 0.3) is 4.85 Å². The summed E-state index contributed by atoms with van der Waals surface area (Å²) in [7, 11) is 0. The summed E-state index contributed by atoms with van der Waals surface area (Å²) < 4.78 is 0. The summed E-state index contributed by atoms with van der Waals surface area (Å²) in [5.74, 6) is -1.86. The monoisotopic (exact) mass is 816 g/mol. The van der Waals surface area contributed by atoms with Crippen LogP contribution >= 0.6 is 11.6 Å². The Morgan fingerprint density at radius 2 is 1.39 bits per heavy atom. The molecule has 9 rings (SSSR count). The first kappa shape index (κ1) is 39.0. The van der Waals surface area contributed by atoms with Gasteiger partial charge < -0.3 is 19.6 Å². The molecule has 1 spiro atoms. The highest BCUT2D eigenvalue weighted by atomic mass is 35.5. The Balaban J connectivity index is 0.738. The molecule has 59 heavy (non-hydrogen) atoms. The molecule has 5 amide bonds. The van der Waals surface area contributed by atoms with Crippen LogP contribution in [0.3, 0.4) is 0 Å². The third-order valence-electron chi connectivity index (χ3n) is 14.2. The molecule has 0 aromatic heterocycles. The van der Waals surface area contributed by atoms with Crippen molar-refractivity contribution in [3.63, 3.8) is 0 Å². The van der Waals surface area contributed by atoms with Crippen molar-refractivity contribution in [3.8, 4) is 0 Å². The minimum atomic E-state index is -0.971. The Labute approximate surface area is 349 Å². The highest BCUT2D eigenvalue weighted by Crippen LogP contribution is 2.47. The van der Waals surface area contributed by atoms with Crippen LogP contribution in [0.15, 0.2) is 60.7 Å². The predicted molar refractivity (Wildman–Crippen MR) is 225 cm³/mol. The smallest absolute Gasteiger partial charge is 0.262 e. The first-order valence-corrected chi connectivity index (χ1v) is 21.3. The molecule has 1 N–H and O–H groups in total. The van der Waals surface area contributed by atoms with Gasteiger partial charge in [-0.25, -0.2) is 4.85 Å². The number of carbonyl (C=O) groups is 5. The van der Waals surface area contributed by atoms with Crippen molar-refractivity contribution in [2.24, 2.45) is 5.41 Å². The highest BCUT2D eigenvalue weighted by molar-refractivity contribution is 6.33. The Hall–Kier alpha value is -5.45. The van der Waals surface area contributed by atoms with Crippen LogP contribution in [0.5, 0.6) is 0 Å². The number of halogens is 1. The van der Waals surface area contributed by atoms with E-state index in [4.69, 9.17) is 18.2 Å². The van der Waals surface area contributed by atoms with Crippen molar-refractivity contribution in [2.75, 3.05) is 73.6 Å². The summed E-state index contributed by atoms with van der Waals surface area (Å²) in [6.45, 7) is 17.5. The quantitative estimate of drug-likeness (QED) is 0.250. The number of piperidine rings is 3. The fourth-order valence-electron chi connectivity index (χ4n) is 10.5. The second kappa shape index (κ2) is 15.6. The van der Waals surface area contributed by atoms with Crippen LogP contribution in [0.1, 0.15) is 82.9 Å². The minimum Gasteiger partial charge on any atom is -0.371 e. The second-order valence-electron chi connectivity index (χ2n) is 17.0. The summed E-state index contributed by atoms with van der Waals surface area (Å²) in [5, 5.41) is 2.74. The van der Waals surface area contributed by atoms with Crippen LogP contribution < -0.4 is 20.0 Å². The number of fused-ring (bicyclic) bond motifs is 1. The fraction of sp³-hybridized carbons (Fsp3) is 0.467. The van der Waals surface area contributed by atoms with Gasteiger partial charge in [0.2, 0.25) is 17.5 Å². The van der Waals surface area contributed by atoms with E-state index in [1.54, 1.807) is 18.2 Å². The molecule has 3 aromatic carbocycles. The number of benzene rings is 3. The zero-order chi connectivity index (χ0) is 41.0. The molecule has 6 heterocycles. The molecule has 5 saturated heterocycles. The van der Waals surface area contributed by atoms with Crippen LogP contribution in [0, 0.1) is 12.0 Å². The van der Waals surface area contributed by atoms with Gasteiger partial charge in [-0.15, -0.1) is 0 Å². The van der Waals surface area contributed by atoms with Crippen LogP contribution in [-0.2, 0) is 9.59 Å². The summed E-state index contributed by atoms with van der Waals surface area (Å²) in [4.78, 5) is 80.5. The number of nitrogens with zero attached hydrogens (tertiary/aromatic N) is 7. The van der Waals surface area contributed by atoms with Gasteiger partial charge in [0.05, 0.1) is 17.7 Å². The van der Waals surface area contributed by atoms with E-state index in [9.17, 15) is 24.0 Å². The van der Waals surface area contributed by atoms with Crippen LogP contribution in [0.2, 0.25) is 5.02 Å². The van der Waals surface area contributed by atoms with Gasteiger partial charge in [-0.3, -0.25) is 39.1 Å². The van der Waals surface area contributed by atoms with Gasteiger partial charge in [-0.1, -0.05) is 17.7 Å². The lowest BCUT2D eigenvalue weighted by Gasteiger charge is -2.44. The maximum absolute atomic E-state index is 13.7. The summed E-state index contributed by atoms with van der Waals surface area (Å²) in [5.41, 5.74) is 5.07. The Bertz CT molecular complexity index is 2230. The molecule has 5 fully saturated rings. The Kier molecular flexibility index (Phi) is 10.3. The third-order valence-corrected chi connectivity index (χ3v) is 14.5. The third kappa shape index (κ3) is 7.10. The number of amides is 5. The fourth-order valence-corrected chi connectivity index (χ4v) is 10.7. The van der Waals surface area contributed by atoms with Crippen molar-refractivity contribution in [3.05, 3.63) is 93.8 Å². The summed E-state index contributed by atoms with van der Waals surface area (Å²) in [6.07, 6.45) is 5.23. The molecular weight excluding hydrogens is 768 g/mol. The lowest BCUT2D eigenvalue weighted by molar-refractivity contribution is -0.136. The zero-order valence-electron chi connectivity index (χ0n) is 33.4. The van der Waals surface area contributed by atoms with Gasteiger partial charge in [0.15, 0.2) is 0 Å². The number of likely N-dealkylation sites (tertiary alicyclic amines) is 1. The first-order valence-electron chi connectivity index (χ1n) is 21.0. The molecule has 6 aliphatic heterocycles. The van der Waals surface area contributed by atoms with Gasteiger partial charge in [0.1, 0.15) is 6.04 Å². The van der Waals surface area contributed by atoms with Gasteiger partial charge >= 0.3 is 0 Å². The number of imide groups is 2. The molecule has 0 bridgehead atoms. The number of carbonyl (C=O) groups excluding carboxylic acids is 5. The van der Waals surface area contributed by atoms with E-state index in [0.717, 1.165) is 119 Å². The molecule has 0 saturated carbocycles. The number of anilines is 3. The molecular formula is C45H49ClN8O5. The molecule has 2 atom stereocenters. The molecule has 306 valence electrons. The van der Waals surface area contributed by atoms with E-state index in [0.29, 0.717) is 33.9 Å². The molecule has 14 heteroatoms. The normalized spacial score (nSPS) is 23.8. The van der Waals surface area contributed by atoms with Gasteiger partial charge in [0, 0.05) is 105 Å². The van der Waals surface area contributed by atoms with Crippen molar-refractivity contribution >= 4 is 63.9 Å². The number of rotatable bonds is 6. The van der Waals surface area contributed by atoms with E-state index in [1.165, 1.54) is 0 Å². The SMILES string of the molecule is [C-]#[N+]c1ccc(N2CCC3(CCN(C(=O)c4ccc(N5CCN(C6CCN(c7ccc8c(c7)C(=O)N(C7CCC(=O)NC7=O)C8=O)CC6)CC5)cc4)CC3)C2C)cc1Cl. The predicted octanol–water partition coefficient (Wildman–Crippen LogP) is 5.60. The molecule has 6 aliphatic rings. The number of piperazine rings is 1. The van der Waals surface area contributed by atoms with Crippen molar-refractivity contribution in [2.45, 2.75) is 70.0 Å². The molecule has 0 radical (unpaired) electrons. The minimum absolute atomic E-state index is 0.0940. The van der Waals surface area contributed by atoms with Crippen molar-refractivity contribution < 1.29 is 24.0 Å². The van der Waals surface area contributed by atoms with Crippen LogP contribution in [0.4, 0.5) is 22.7 Å². The van der Waals surface area contributed by atoms with Gasteiger partial charge in [0.25, 0.3) is 17.7 Å². The van der Waals surface area contributed by atoms with E-state index < -0.39 is 23.8 Å². The average molecular weight is 817 g/mol. The first-order chi connectivity index (χ1) is 28.5. The standard InChI is InChI=1S/C45H49ClN8O5/c1-29-45(17-22-53(29)34-8-10-38(47-2)37(46)28-34)15-20-52(21-16-45)42(57)30-3-5-31(6-4-30)50-23-25-51(26-24-50)32-13-18-49(19-14-32)33-7-9-35-36(27-33)44(59)54(43(35)58)39-11-12-40(55)48-41(39)56/h3-10,27-29,32,39H,11-26H2,1H3,(H,48,55,56). The molecule has 2 unspecified atom stereocenters. The van der Waals surface area contributed by atoms with Gasteiger partial charge in [-0.05, 0) is 105 Å². The summed E-state index contributed by atoms with van der Waals surface area (Å²) >= 11 is 6.38. The van der Waals surface area contributed by atoms with Crippen molar-refractivity contribution in [1.82, 2.24) is 20.0 Å². The average Bonchev–Trinajstić information content (AvgIpc) is 3.71. The van der Waals surface area contributed by atoms with E-state index >= 15 is 0 Å². The van der Waals surface area contributed by atoms with Crippen molar-refractivity contribution in [1.29, 1.82) is 0 Å².